The Bertz CT molecular complexity index is 98.7. The van der Waals surface area contributed by atoms with Crippen LogP contribution in [0.25, 0.3) is 0 Å². The van der Waals surface area contributed by atoms with Crippen LogP contribution in [0.5, 0.6) is 0 Å². The van der Waals surface area contributed by atoms with Gasteiger partial charge >= 0.3 is 18.9 Å². The van der Waals surface area contributed by atoms with E-state index in [-0.39, 0.29) is 18.9 Å². The van der Waals surface area contributed by atoms with Gasteiger partial charge in [-0.1, -0.05) is 46.5 Å². The molecule has 0 aliphatic carbocycles. The van der Waals surface area contributed by atoms with E-state index in [1.54, 1.807) is 0 Å². The van der Waals surface area contributed by atoms with E-state index in [0.29, 0.717) is 0 Å². The molecule has 0 aliphatic rings. The third-order valence-corrected chi connectivity index (χ3v) is 2.73. The van der Waals surface area contributed by atoms with Gasteiger partial charge < -0.3 is 4.90 Å². The second kappa shape index (κ2) is 14.6. The summed E-state index contributed by atoms with van der Waals surface area (Å²) in [4.78, 5) is 2.66. The summed E-state index contributed by atoms with van der Waals surface area (Å²) in [6.45, 7) is 10.8. The second-order valence-corrected chi connectivity index (χ2v) is 4.26. The molecule has 0 atom stereocenters. The van der Waals surface area contributed by atoms with Gasteiger partial charge in [0.2, 0.25) is 0 Å². The van der Waals surface area contributed by atoms with E-state index >= 15 is 0 Å². The maximum atomic E-state index is 2.66. The molecule has 0 radical (unpaired) electrons. The van der Waals surface area contributed by atoms with Gasteiger partial charge in [-0.15, -0.1) is 0 Å². The first-order chi connectivity index (χ1) is 6.85. The van der Waals surface area contributed by atoms with Crippen molar-refractivity contribution in [3.63, 3.8) is 0 Å². The molecular weight excluding hydrogens is 177 g/mol. The topological polar surface area (TPSA) is 3.24 Å². The summed E-state index contributed by atoms with van der Waals surface area (Å²) in [6.07, 6.45) is 9.53. The normalized spacial score (nSPS) is 10.4. The fraction of sp³-hybridized carbons (Fsp3) is 1.00. The molecule has 0 aromatic heterocycles. The fourth-order valence-corrected chi connectivity index (χ4v) is 1.68. The van der Waals surface area contributed by atoms with Gasteiger partial charge in [-0.05, 0) is 38.9 Å². The van der Waals surface area contributed by atoms with Crippen LogP contribution in [-0.4, -0.2) is 43.4 Å². The monoisotopic (exact) mass is 207 g/mol. The SMILES string of the molecule is CCCCCN(CCCC)CCCC.[LiH]. The van der Waals surface area contributed by atoms with E-state index in [0.717, 1.165) is 0 Å². The molecule has 0 amide bonds. The van der Waals surface area contributed by atoms with Gasteiger partial charge in [0.25, 0.3) is 0 Å². The molecule has 0 aliphatic heterocycles. The maximum absolute atomic E-state index is 2.66. The molecule has 2 heteroatoms. The first-order valence-corrected chi connectivity index (χ1v) is 6.57. The minimum atomic E-state index is 0. The van der Waals surface area contributed by atoms with Gasteiger partial charge in [0, 0.05) is 0 Å². The van der Waals surface area contributed by atoms with Crippen LogP contribution < -0.4 is 0 Å². The Morgan fingerprint density at radius 3 is 1.40 bits per heavy atom. The van der Waals surface area contributed by atoms with Crippen LogP contribution in [0.3, 0.4) is 0 Å². The van der Waals surface area contributed by atoms with E-state index in [1.165, 1.54) is 64.6 Å². The van der Waals surface area contributed by atoms with Gasteiger partial charge in [0.1, 0.15) is 0 Å². The summed E-state index contributed by atoms with van der Waals surface area (Å²) < 4.78 is 0. The van der Waals surface area contributed by atoms with Gasteiger partial charge in [-0.25, -0.2) is 0 Å². The molecule has 0 aromatic carbocycles. The molecule has 0 saturated carbocycles. The second-order valence-electron chi connectivity index (χ2n) is 4.26. The van der Waals surface area contributed by atoms with Crippen molar-refractivity contribution in [2.75, 3.05) is 19.6 Å². The molecular formula is C13H30LiN. The number of rotatable bonds is 10. The number of hydrogen-bond acceptors (Lipinski definition) is 1. The Hall–Kier alpha value is 0.557. The van der Waals surface area contributed by atoms with Crippen LogP contribution in [0.2, 0.25) is 0 Å². The van der Waals surface area contributed by atoms with E-state index < -0.39 is 0 Å². The van der Waals surface area contributed by atoms with Crippen LogP contribution in [0.1, 0.15) is 65.7 Å². The molecule has 0 bridgehead atoms. The predicted octanol–water partition coefficient (Wildman–Crippen LogP) is 3.43. The molecule has 0 N–H and O–H groups in total. The van der Waals surface area contributed by atoms with Gasteiger partial charge in [-0.3, -0.25) is 0 Å². The third-order valence-electron chi connectivity index (χ3n) is 2.73. The van der Waals surface area contributed by atoms with Crippen molar-refractivity contribution in [2.24, 2.45) is 0 Å². The zero-order chi connectivity index (χ0) is 10.6. The molecule has 0 fully saturated rings. The average Bonchev–Trinajstić information content (AvgIpc) is 2.21. The average molecular weight is 207 g/mol. The Kier molecular flexibility index (Phi) is 17.4. The van der Waals surface area contributed by atoms with Crippen LogP contribution in [-0.2, 0) is 0 Å². The van der Waals surface area contributed by atoms with Gasteiger partial charge in [-0.2, -0.15) is 0 Å². The third kappa shape index (κ3) is 12.5. The number of unbranched alkanes of at least 4 members (excludes halogenated alkanes) is 4. The molecule has 0 saturated heterocycles. The molecule has 0 unspecified atom stereocenters. The molecule has 0 spiro atoms. The van der Waals surface area contributed by atoms with Crippen molar-refractivity contribution in [1.82, 2.24) is 4.90 Å². The number of hydrogen-bond donors (Lipinski definition) is 0. The Morgan fingerprint density at radius 2 is 1.00 bits per heavy atom. The van der Waals surface area contributed by atoms with Crippen molar-refractivity contribution in [3.05, 3.63) is 0 Å². The summed E-state index contributed by atoms with van der Waals surface area (Å²) in [5.74, 6) is 0. The molecule has 0 aromatic rings. The molecule has 15 heavy (non-hydrogen) atoms. The van der Waals surface area contributed by atoms with Crippen molar-refractivity contribution in [1.29, 1.82) is 0 Å². The first kappa shape index (κ1) is 17.9. The van der Waals surface area contributed by atoms with Crippen molar-refractivity contribution >= 4 is 18.9 Å². The number of nitrogens with zero attached hydrogens (tertiary/aromatic N) is 1. The van der Waals surface area contributed by atoms with E-state index in [1.807, 2.05) is 0 Å². The molecule has 0 rings (SSSR count). The minimum absolute atomic E-state index is 0. The summed E-state index contributed by atoms with van der Waals surface area (Å²) >= 11 is 0. The van der Waals surface area contributed by atoms with E-state index in [9.17, 15) is 0 Å². The van der Waals surface area contributed by atoms with Crippen LogP contribution in [0.4, 0.5) is 0 Å². The van der Waals surface area contributed by atoms with Crippen molar-refractivity contribution in [2.45, 2.75) is 65.7 Å². The Labute approximate surface area is 109 Å². The van der Waals surface area contributed by atoms with Crippen molar-refractivity contribution in [3.8, 4) is 0 Å². The zero-order valence-corrected chi connectivity index (χ0v) is 10.5. The van der Waals surface area contributed by atoms with Crippen molar-refractivity contribution < 1.29 is 0 Å². The molecule has 0 heterocycles. The first-order valence-electron chi connectivity index (χ1n) is 6.57. The van der Waals surface area contributed by atoms with Gasteiger partial charge in [0.15, 0.2) is 0 Å². The van der Waals surface area contributed by atoms with Crippen LogP contribution >= 0.6 is 0 Å². The van der Waals surface area contributed by atoms with Crippen LogP contribution in [0.15, 0.2) is 0 Å². The van der Waals surface area contributed by atoms with Gasteiger partial charge in [0.05, 0.1) is 0 Å². The summed E-state index contributed by atoms with van der Waals surface area (Å²) in [7, 11) is 0. The van der Waals surface area contributed by atoms with E-state index in [4.69, 9.17) is 0 Å². The standard InChI is InChI=1S/C13H29N.Li.H/c1-4-7-10-13-14(11-8-5-2)12-9-6-3;;/h4-13H2,1-3H3;;. The molecule has 88 valence electrons. The zero-order valence-electron chi connectivity index (χ0n) is 10.5. The fourth-order valence-electron chi connectivity index (χ4n) is 1.68. The predicted molar refractivity (Wildman–Crippen MR) is 72.9 cm³/mol. The summed E-state index contributed by atoms with van der Waals surface area (Å²) in [6, 6.07) is 0. The summed E-state index contributed by atoms with van der Waals surface area (Å²) in [5, 5.41) is 0. The quantitative estimate of drug-likeness (QED) is 0.392. The summed E-state index contributed by atoms with van der Waals surface area (Å²) in [5.41, 5.74) is 0. The van der Waals surface area contributed by atoms with E-state index in [2.05, 4.69) is 25.7 Å². The molecule has 1 nitrogen and oxygen atoms in total. The Balaban J connectivity index is 0. The van der Waals surface area contributed by atoms with Crippen LogP contribution in [0, 0.1) is 0 Å². The Morgan fingerprint density at radius 1 is 0.600 bits per heavy atom.